The maximum atomic E-state index is 12.9. The summed E-state index contributed by atoms with van der Waals surface area (Å²) in [5, 5.41) is 13.1. The highest BCUT2D eigenvalue weighted by Crippen LogP contribution is 2.33. The van der Waals surface area contributed by atoms with Gasteiger partial charge in [0.15, 0.2) is 15.7 Å². The predicted molar refractivity (Wildman–Crippen MR) is 92.8 cm³/mol. The lowest BCUT2D eigenvalue weighted by Gasteiger charge is -2.21. The lowest BCUT2D eigenvalue weighted by atomic mass is 10.3. The number of nitrogens with zero attached hydrogens (tertiary/aromatic N) is 4. The zero-order chi connectivity index (χ0) is 19.3. The van der Waals surface area contributed by atoms with Gasteiger partial charge in [0.25, 0.3) is 0 Å². The number of imidazole rings is 1. The number of ether oxygens (including phenoxy) is 1. The summed E-state index contributed by atoms with van der Waals surface area (Å²) in [7, 11) is -2.30. The number of carboxylic acid groups (broad SMARTS) is 1. The van der Waals surface area contributed by atoms with Crippen LogP contribution in [0.2, 0.25) is 0 Å². The molecule has 26 heavy (non-hydrogen) atoms. The molecule has 0 atom stereocenters. The Bertz CT molecular complexity index is 1110. The van der Waals surface area contributed by atoms with Crippen molar-refractivity contribution in [2.24, 2.45) is 0 Å². The van der Waals surface area contributed by atoms with Gasteiger partial charge in [-0.3, -0.25) is 4.40 Å². The van der Waals surface area contributed by atoms with Gasteiger partial charge in [-0.1, -0.05) is 0 Å². The van der Waals surface area contributed by atoms with Crippen LogP contribution in [0.4, 0.5) is 0 Å². The molecule has 0 unspecified atom stereocenters. The number of fused-ring (bicyclic) bond motifs is 1. The van der Waals surface area contributed by atoms with Crippen LogP contribution < -0.4 is 4.74 Å². The van der Waals surface area contributed by atoms with Crippen molar-refractivity contribution in [3.05, 3.63) is 36.4 Å². The number of carbonyl (C=O) groups is 1. The highest BCUT2D eigenvalue weighted by molar-refractivity contribution is 7.92. The maximum absolute atomic E-state index is 12.9. The summed E-state index contributed by atoms with van der Waals surface area (Å²) in [5.74, 6) is -0.514. The van der Waals surface area contributed by atoms with Crippen LogP contribution >= 0.6 is 0 Å². The van der Waals surface area contributed by atoms with E-state index in [4.69, 9.17) is 9.84 Å². The third-order valence-electron chi connectivity index (χ3n) is 3.94. The van der Waals surface area contributed by atoms with E-state index in [1.165, 1.54) is 47.0 Å². The van der Waals surface area contributed by atoms with Crippen molar-refractivity contribution < 1.29 is 23.1 Å². The molecule has 0 aromatic carbocycles. The standard InChI is InChI=1S/C16H18N4O5S/c1-16(2,3)26(23,24)12-9-19-13(5-11(12)25-4)17-7-14(19)20-8-10(6-18-20)15(21)22/h5-9H,1-4H3,(H,21,22). The van der Waals surface area contributed by atoms with Gasteiger partial charge in [-0.15, -0.1) is 0 Å². The first-order valence-electron chi connectivity index (χ1n) is 7.64. The average molecular weight is 378 g/mol. The monoisotopic (exact) mass is 378 g/mol. The van der Waals surface area contributed by atoms with E-state index >= 15 is 0 Å². The molecule has 0 aliphatic rings. The fraction of sp³-hybridized carbons (Fsp3) is 0.312. The minimum Gasteiger partial charge on any atom is -0.495 e. The van der Waals surface area contributed by atoms with Gasteiger partial charge in [0.2, 0.25) is 0 Å². The van der Waals surface area contributed by atoms with Crippen molar-refractivity contribution >= 4 is 21.5 Å². The van der Waals surface area contributed by atoms with Gasteiger partial charge in [0, 0.05) is 18.5 Å². The number of hydrogen-bond donors (Lipinski definition) is 1. The first kappa shape index (κ1) is 17.9. The molecule has 0 saturated carbocycles. The number of rotatable bonds is 4. The first-order chi connectivity index (χ1) is 12.1. The Balaban J connectivity index is 2.26. The molecule has 0 aliphatic heterocycles. The van der Waals surface area contributed by atoms with Crippen molar-refractivity contribution in [1.29, 1.82) is 0 Å². The van der Waals surface area contributed by atoms with Gasteiger partial charge in [-0.25, -0.2) is 22.9 Å². The number of carboxylic acids is 1. The van der Waals surface area contributed by atoms with Crippen LogP contribution in [0.3, 0.4) is 0 Å². The molecule has 0 aliphatic carbocycles. The number of sulfone groups is 1. The second-order valence-corrected chi connectivity index (χ2v) is 9.32. The number of aromatic nitrogens is 4. The SMILES string of the molecule is COc1cc2ncc(-n3cc(C(=O)O)cn3)n2cc1S(=O)(=O)C(C)(C)C. The molecular weight excluding hydrogens is 360 g/mol. The number of methoxy groups -OCH3 is 1. The second-order valence-electron chi connectivity index (χ2n) is 6.65. The Morgan fingerprint density at radius 3 is 2.46 bits per heavy atom. The van der Waals surface area contributed by atoms with E-state index in [9.17, 15) is 13.2 Å². The molecule has 0 spiro atoms. The van der Waals surface area contributed by atoms with Gasteiger partial charge >= 0.3 is 5.97 Å². The zero-order valence-electron chi connectivity index (χ0n) is 14.7. The van der Waals surface area contributed by atoms with Gasteiger partial charge < -0.3 is 9.84 Å². The van der Waals surface area contributed by atoms with E-state index in [0.717, 1.165) is 0 Å². The summed E-state index contributed by atoms with van der Waals surface area (Å²) in [6.45, 7) is 4.81. The van der Waals surface area contributed by atoms with Crippen molar-refractivity contribution in [3.8, 4) is 11.6 Å². The van der Waals surface area contributed by atoms with Crippen molar-refractivity contribution in [3.63, 3.8) is 0 Å². The van der Waals surface area contributed by atoms with Gasteiger partial charge in [0.1, 0.15) is 16.3 Å². The van der Waals surface area contributed by atoms with E-state index in [2.05, 4.69) is 10.1 Å². The molecule has 0 bridgehead atoms. The molecule has 0 saturated heterocycles. The summed E-state index contributed by atoms with van der Waals surface area (Å²) in [5.41, 5.74) is 0.452. The van der Waals surface area contributed by atoms with Gasteiger partial charge in [-0.2, -0.15) is 5.10 Å². The molecule has 3 aromatic rings. The molecule has 10 heteroatoms. The van der Waals surface area contributed by atoms with E-state index in [1.807, 2.05) is 0 Å². The Morgan fingerprint density at radius 1 is 1.23 bits per heavy atom. The van der Waals surface area contributed by atoms with Crippen LogP contribution in [-0.2, 0) is 9.84 Å². The van der Waals surface area contributed by atoms with Crippen LogP contribution in [-0.4, -0.2) is 50.5 Å². The molecular formula is C16H18N4O5S. The highest BCUT2D eigenvalue weighted by Gasteiger charge is 2.34. The topological polar surface area (TPSA) is 116 Å². The van der Waals surface area contributed by atoms with E-state index in [-0.39, 0.29) is 16.2 Å². The Kier molecular flexibility index (Phi) is 4.02. The highest BCUT2D eigenvalue weighted by atomic mass is 32.2. The fourth-order valence-electron chi connectivity index (χ4n) is 2.39. The Labute approximate surface area is 149 Å². The molecule has 0 radical (unpaired) electrons. The summed E-state index contributed by atoms with van der Waals surface area (Å²) in [4.78, 5) is 15.3. The molecule has 3 heterocycles. The van der Waals surface area contributed by atoms with Crippen LogP contribution in [0.25, 0.3) is 11.5 Å². The van der Waals surface area contributed by atoms with Crippen LogP contribution in [0.15, 0.2) is 35.7 Å². The molecule has 3 rings (SSSR count). The summed E-state index contributed by atoms with van der Waals surface area (Å²) in [6.07, 6.45) is 5.42. The molecule has 0 fully saturated rings. The fourth-order valence-corrected chi connectivity index (χ4v) is 3.70. The predicted octanol–water partition coefficient (Wildman–Crippen LogP) is 1.80. The Morgan fingerprint density at radius 2 is 1.92 bits per heavy atom. The number of aromatic carboxylic acids is 1. The van der Waals surface area contributed by atoms with Crippen molar-refractivity contribution in [2.45, 2.75) is 30.4 Å². The third kappa shape index (κ3) is 2.71. The van der Waals surface area contributed by atoms with E-state index < -0.39 is 20.6 Å². The van der Waals surface area contributed by atoms with E-state index in [1.54, 1.807) is 20.8 Å². The minimum absolute atomic E-state index is 0.0102. The summed E-state index contributed by atoms with van der Waals surface area (Å²) in [6, 6.07) is 1.52. The molecule has 1 N–H and O–H groups in total. The zero-order valence-corrected chi connectivity index (χ0v) is 15.5. The van der Waals surface area contributed by atoms with Crippen LogP contribution in [0.1, 0.15) is 31.1 Å². The molecule has 9 nitrogen and oxygen atoms in total. The minimum atomic E-state index is -3.69. The lowest BCUT2D eigenvalue weighted by Crippen LogP contribution is -2.28. The summed E-state index contributed by atoms with van der Waals surface area (Å²) < 4.78 is 32.9. The Hall–Kier alpha value is -2.88. The van der Waals surface area contributed by atoms with Crippen molar-refractivity contribution in [1.82, 2.24) is 19.2 Å². The van der Waals surface area contributed by atoms with Crippen molar-refractivity contribution in [2.75, 3.05) is 7.11 Å². The number of pyridine rings is 1. The number of hydrogen-bond acceptors (Lipinski definition) is 6. The lowest BCUT2D eigenvalue weighted by molar-refractivity contribution is 0.0697. The molecule has 138 valence electrons. The van der Waals surface area contributed by atoms with E-state index in [0.29, 0.717) is 11.5 Å². The van der Waals surface area contributed by atoms with Gasteiger partial charge in [0.05, 0.1) is 29.8 Å². The smallest absolute Gasteiger partial charge is 0.338 e. The molecule has 0 amide bonds. The largest absolute Gasteiger partial charge is 0.495 e. The average Bonchev–Trinajstić information content (AvgIpc) is 3.18. The third-order valence-corrected chi connectivity index (χ3v) is 6.43. The normalized spacial score (nSPS) is 12.5. The quantitative estimate of drug-likeness (QED) is 0.736. The molecule has 3 aromatic heterocycles. The summed E-state index contributed by atoms with van der Waals surface area (Å²) >= 11 is 0. The van der Waals surface area contributed by atoms with Crippen LogP contribution in [0, 0.1) is 0 Å². The second kappa shape index (κ2) is 5.84. The maximum Gasteiger partial charge on any atom is 0.338 e. The van der Waals surface area contributed by atoms with Gasteiger partial charge in [-0.05, 0) is 20.8 Å². The van der Waals surface area contributed by atoms with Crippen LogP contribution in [0.5, 0.6) is 5.75 Å². The first-order valence-corrected chi connectivity index (χ1v) is 9.12.